The first kappa shape index (κ1) is 28.5. The van der Waals surface area contributed by atoms with Crippen LogP contribution in [0.4, 0.5) is 0 Å². The molecular formula is C27H40N2O6S. The minimum absolute atomic E-state index is 0.0486. The highest BCUT2D eigenvalue weighted by atomic mass is 32.2. The average molecular weight is 521 g/mol. The predicted octanol–water partition coefficient (Wildman–Crippen LogP) is 2.74. The lowest BCUT2D eigenvalue weighted by Gasteiger charge is -2.38. The molecule has 9 heteroatoms. The molecule has 2 heterocycles. The summed E-state index contributed by atoms with van der Waals surface area (Å²) in [6.45, 7) is 9.15. The van der Waals surface area contributed by atoms with Crippen molar-refractivity contribution in [2.75, 3.05) is 40.0 Å². The Balaban J connectivity index is 1.96. The lowest BCUT2D eigenvalue weighted by molar-refractivity contribution is -0.138. The lowest BCUT2D eigenvalue weighted by atomic mass is 9.97. The number of hydrogen-bond donors (Lipinski definition) is 1. The third kappa shape index (κ3) is 6.80. The highest BCUT2D eigenvalue weighted by molar-refractivity contribution is 7.89. The zero-order chi connectivity index (χ0) is 26.5. The molecule has 1 N–H and O–H groups in total. The fourth-order valence-corrected chi connectivity index (χ4v) is 6.32. The van der Waals surface area contributed by atoms with E-state index in [1.807, 2.05) is 6.92 Å². The van der Waals surface area contributed by atoms with Gasteiger partial charge in [-0.15, -0.1) is 0 Å². The predicted molar refractivity (Wildman–Crippen MR) is 138 cm³/mol. The molecule has 3 atom stereocenters. The smallest absolute Gasteiger partial charge is 0.247 e. The number of hydrogen-bond acceptors (Lipinski definition) is 6. The molecule has 0 bridgehead atoms. The maximum Gasteiger partial charge on any atom is 0.247 e. The third-order valence-corrected chi connectivity index (χ3v) is 8.83. The number of fused-ring (bicyclic) bond motifs is 1. The van der Waals surface area contributed by atoms with Crippen molar-refractivity contribution in [2.24, 2.45) is 17.8 Å². The first-order chi connectivity index (χ1) is 17.0. The fourth-order valence-electron chi connectivity index (χ4n) is 4.49. The van der Waals surface area contributed by atoms with E-state index >= 15 is 0 Å². The van der Waals surface area contributed by atoms with Crippen LogP contribution in [-0.2, 0) is 19.6 Å². The van der Waals surface area contributed by atoms with Gasteiger partial charge in [-0.2, -0.15) is 4.31 Å². The molecule has 2 aliphatic heterocycles. The van der Waals surface area contributed by atoms with E-state index in [1.54, 1.807) is 31.0 Å². The molecule has 0 saturated carbocycles. The number of carbonyl (C=O) groups excluding carboxylic acids is 1. The number of rotatable bonds is 6. The van der Waals surface area contributed by atoms with Crippen molar-refractivity contribution in [1.29, 1.82) is 0 Å². The van der Waals surface area contributed by atoms with Gasteiger partial charge in [0.1, 0.15) is 16.7 Å². The van der Waals surface area contributed by atoms with Crippen LogP contribution in [0.25, 0.3) is 0 Å². The number of amides is 1. The van der Waals surface area contributed by atoms with Crippen LogP contribution in [0.5, 0.6) is 5.75 Å². The highest BCUT2D eigenvalue weighted by Crippen LogP contribution is 2.34. The maximum atomic E-state index is 13.6. The Labute approximate surface area is 216 Å². The van der Waals surface area contributed by atoms with Gasteiger partial charge in [0.05, 0.1) is 13.2 Å². The maximum absolute atomic E-state index is 13.6. The summed E-state index contributed by atoms with van der Waals surface area (Å²) in [6, 6.07) is 4.30. The Bertz CT molecular complexity index is 1070. The van der Waals surface area contributed by atoms with Crippen molar-refractivity contribution < 1.29 is 27.8 Å². The van der Waals surface area contributed by atoms with Gasteiger partial charge >= 0.3 is 0 Å². The Kier molecular flexibility index (Phi) is 9.81. The van der Waals surface area contributed by atoms with Crippen LogP contribution in [0.15, 0.2) is 23.1 Å². The molecule has 1 saturated heterocycles. The normalized spacial score (nSPS) is 23.4. The van der Waals surface area contributed by atoms with Gasteiger partial charge in [0.25, 0.3) is 0 Å². The van der Waals surface area contributed by atoms with Crippen molar-refractivity contribution in [1.82, 2.24) is 9.21 Å². The summed E-state index contributed by atoms with van der Waals surface area (Å²) in [5.74, 6) is 6.65. The van der Waals surface area contributed by atoms with Crippen molar-refractivity contribution in [3.63, 3.8) is 0 Å². The van der Waals surface area contributed by atoms with E-state index in [0.29, 0.717) is 44.1 Å². The molecule has 1 aromatic carbocycles. The second-order valence-electron chi connectivity index (χ2n) is 10.4. The molecule has 8 nitrogen and oxygen atoms in total. The molecular weight excluding hydrogens is 480 g/mol. The lowest BCUT2D eigenvalue weighted by Crippen LogP contribution is -2.50. The fraction of sp³-hybridized carbons (Fsp3) is 0.667. The Morgan fingerprint density at radius 3 is 2.58 bits per heavy atom. The zero-order valence-electron chi connectivity index (χ0n) is 22.1. The molecule has 0 aromatic heterocycles. The van der Waals surface area contributed by atoms with Gasteiger partial charge in [-0.25, -0.2) is 8.42 Å². The number of likely N-dealkylation sites (N-methyl/N-ethyl adjacent to an activating group) is 1. The SMILES string of the molecule is CC(C)CC#Cc1ccc2c(c1)O[C@H](CN(C)C(=O)C1CCOCC1)[C@@H](C)CN([C@H](C)CO)S2(=O)=O. The van der Waals surface area contributed by atoms with Crippen LogP contribution < -0.4 is 4.74 Å². The average Bonchev–Trinajstić information content (AvgIpc) is 2.85. The van der Waals surface area contributed by atoms with Gasteiger partial charge in [0.2, 0.25) is 15.9 Å². The third-order valence-electron chi connectivity index (χ3n) is 6.81. The van der Waals surface area contributed by atoms with Gasteiger partial charge in [0, 0.05) is 56.7 Å². The number of benzene rings is 1. The summed E-state index contributed by atoms with van der Waals surface area (Å²) >= 11 is 0. The van der Waals surface area contributed by atoms with Crippen LogP contribution in [0.3, 0.4) is 0 Å². The quantitative estimate of drug-likeness (QED) is 0.580. The van der Waals surface area contributed by atoms with Crippen LogP contribution in [0, 0.1) is 29.6 Å². The number of sulfonamides is 1. The molecule has 0 radical (unpaired) electrons. The number of ether oxygens (including phenoxy) is 2. The van der Waals surface area contributed by atoms with Crippen LogP contribution in [0.1, 0.15) is 52.5 Å². The summed E-state index contributed by atoms with van der Waals surface area (Å²) in [7, 11) is -2.15. The molecule has 0 spiro atoms. The van der Waals surface area contributed by atoms with Gasteiger partial charge in [-0.3, -0.25) is 4.79 Å². The van der Waals surface area contributed by atoms with Crippen molar-refractivity contribution in [2.45, 2.75) is 64.0 Å². The van der Waals surface area contributed by atoms with Crippen LogP contribution in [0.2, 0.25) is 0 Å². The minimum atomic E-state index is -3.92. The van der Waals surface area contributed by atoms with Gasteiger partial charge in [-0.05, 0) is 43.9 Å². The molecule has 200 valence electrons. The number of aliphatic hydroxyl groups is 1. The first-order valence-electron chi connectivity index (χ1n) is 12.8. The Hall–Kier alpha value is -2.12. The standard InChI is InChI=1S/C27H40N2O6S/c1-19(2)7-6-8-22-9-10-26-24(15-22)35-25(17-28(5)27(31)23-11-13-34-14-12-23)20(3)16-29(21(4)18-30)36(26,32)33/h9-10,15,19-21,23,25,30H,7,11-14,16-18H2,1-5H3/t20-,21+,25+/m0/s1. The monoisotopic (exact) mass is 520 g/mol. The van der Waals surface area contributed by atoms with Gasteiger partial charge in [0.15, 0.2) is 0 Å². The molecule has 1 amide bonds. The summed E-state index contributed by atoms with van der Waals surface area (Å²) in [6.07, 6.45) is 1.69. The molecule has 2 aliphatic rings. The molecule has 1 fully saturated rings. The van der Waals surface area contributed by atoms with Crippen molar-refractivity contribution >= 4 is 15.9 Å². The number of aliphatic hydroxyl groups excluding tert-OH is 1. The van der Waals surface area contributed by atoms with E-state index in [9.17, 15) is 18.3 Å². The summed E-state index contributed by atoms with van der Waals surface area (Å²) < 4.78 is 40.3. The summed E-state index contributed by atoms with van der Waals surface area (Å²) in [5.41, 5.74) is 0.671. The molecule has 0 aliphatic carbocycles. The van der Waals surface area contributed by atoms with E-state index in [0.717, 1.165) is 6.42 Å². The largest absolute Gasteiger partial charge is 0.487 e. The second-order valence-corrected chi connectivity index (χ2v) is 12.3. The van der Waals surface area contributed by atoms with Crippen molar-refractivity contribution in [3.8, 4) is 17.6 Å². The first-order valence-corrected chi connectivity index (χ1v) is 14.2. The van der Waals surface area contributed by atoms with Gasteiger partial charge < -0.3 is 19.5 Å². The van der Waals surface area contributed by atoms with Crippen LogP contribution in [-0.4, -0.2) is 80.7 Å². The molecule has 3 rings (SSSR count). The number of carbonyl (C=O) groups is 1. The highest BCUT2D eigenvalue weighted by Gasteiger charge is 2.38. The molecule has 0 unspecified atom stereocenters. The van der Waals surface area contributed by atoms with E-state index in [1.165, 1.54) is 10.4 Å². The van der Waals surface area contributed by atoms with E-state index in [4.69, 9.17) is 9.47 Å². The molecule has 36 heavy (non-hydrogen) atoms. The number of nitrogens with zero attached hydrogens (tertiary/aromatic N) is 2. The van der Waals surface area contributed by atoms with Gasteiger partial charge in [-0.1, -0.05) is 32.6 Å². The Morgan fingerprint density at radius 2 is 1.94 bits per heavy atom. The zero-order valence-corrected chi connectivity index (χ0v) is 22.9. The van der Waals surface area contributed by atoms with E-state index in [2.05, 4.69) is 25.7 Å². The van der Waals surface area contributed by atoms with E-state index < -0.39 is 22.2 Å². The summed E-state index contributed by atoms with van der Waals surface area (Å²) in [5, 5.41) is 9.81. The Morgan fingerprint density at radius 1 is 1.25 bits per heavy atom. The second kappa shape index (κ2) is 12.4. The topological polar surface area (TPSA) is 96.4 Å². The van der Waals surface area contributed by atoms with Crippen LogP contribution >= 0.6 is 0 Å². The molecule has 1 aromatic rings. The minimum Gasteiger partial charge on any atom is -0.487 e. The van der Waals surface area contributed by atoms with E-state index in [-0.39, 0.29) is 41.5 Å². The van der Waals surface area contributed by atoms with Crippen molar-refractivity contribution in [3.05, 3.63) is 23.8 Å². The summed E-state index contributed by atoms with van der Waals surface area (Å²) in [4.78, 5) is 14.8.